The number of nitrogens with one attached hydrogen (secondary N) is 1. The van der Waals surface area contributed by atoms with Crippen LogP contribution in [0, 0.1) is 0 Å². The fourth-order valence-corrected chi connectivity index (χ4v) is 1.40. The van der Waals surface area contributed by atoms with Crippen LogP contribution in [0.3, 0.4) is 0 Å². The molecule has 0 saturated carbocycles. The molecule has 78 valence electrons. The highest BCUT2D eigenvalue weighted by atomic mass is 16.5. The fraction of sp³-hybridized carbons (Fsp3) is 0.200. The number of anilines is 1. The van der Waals surface area contributed by atoms with Crippen LogP contribution in [0.4, 0.5) is 5.69 Å². The van der Waals surface area contributed by atoms with Crippen molar-refractivity contribution in [2.45, 2.75) is 13.0 Å². The van der Waals surface area contributed by atoms with E-state index in [2.05, 4.69) is 5.32 Å². The second kappa shape index (κ2) is 3.27. The SMILES string of the molecule is CC1Oc2c(cccc2C(=O)O)NC1=O. The van der Waals surface area contributed by atoms with E-state index in [0.717, 1.165) is 0 Å². The molecule has 15 heavy (non-hydrogen) atoms. The summed E-state index contributed by atoms with van der Waals surface area (Å²) in [4.78, 5) is 22.1. The number of carboxylic acids is 1. The van der Waals surface area contributed by atoms with Crippen molar-refractivity contribution in [3.8, 4) is 5.75 Å². The van der Waals surface area contributed by atoms with Crippen LogP contribution in [-0.4, -0.2) is 23.1 Å². The summed E-state index contributed by atoms with van der Waals surface area (Å²) in [6, 6.07) is 4.60. The summed E-state index contributed by atoms with van der Waals surface area (Å²) in [6.45, 7) is 1.57. The smallest absolute Gasteiger partial charge is 0.339 e. The van der Waals surface area contributed by atoms with Crippen LogP contribution < -0.4 is 10.1 Å². The summed E-state index contributed by atoms with van der Waals surface area (Å²) in [5.74, 6) is -1.13. The van der Waals surface area contributed by atoms with Crippen LogP contribution in [0.25, 0.3) is 0 Å². The van der Waals surface area contributed by atoms with Crippen molar-refractivity contribution in [3.05, 3.63) is 23.8 Å². The Balaban J connectivity index is 2.52. The number of hydrogen-bond donors (Lipinski definition) is 2. The number of carbonyl (C=O) groups is 2. The Bertz CT molecular complexity index is 441. The number of ether oxygens (including phenoxy) is 1. The third kappa shape index (κ3) is 1.52. The number of amides is 1. The highest BCUT2D eigenvalue weighted by Crippen LogP contribution is 2.33. The summed E-state index contributed by atoms with van der Waals surface area (Å²) in [7, 11) is 0. The van der Waals surface area contributed by atoms with Crippen molar-refractivity contribution < 1.29 is 19.4 Å². The van der Waals surface area contributed by atoms with E-state index < -0.39 is 12.1 Å². The van der Waals surface area contributed by atoms with E-state index in [1.807, 2.05) is 0 Å². The minimum Gasteiger partial charge on any atom is -0.478 e. The van der Waals surface area contributed by atoms with Crippen LogP contribution >= 0.6 is 0 Å². The van der Waals surface area contributed by atoms with Crippen LogP contribution in [-0.2, 0) is 4.79 Å². The summed E-state index contributed by atoms with van der Waals surface area (Å²) in [5, 5.41) is 11.5. The number of carbonyl (C=O) groups excluding carboxylic acids is 1. The molecular formula is C10H9NO4. The largest absolute Gasteiger partial charge is 0.478 e. The van der Waals surface area contributed by atoms with E-state index in [9.17, 15) is 9.59 Å². The van der Waals surface area contributed by atoms with Gasteiger partial charge in [-0.15, -0.1) is 0 Å². The van der Waals surface area contributed by atoms with Crippen molar-refractivity contribution >= 4 is 17.6 Å². The summed E-state index contributed by atoms with van der Waals surface area (Å²) < 4.78 is 5.24. The van der Waals surface area contributed by atoms with Gasteiger partial charge < -0.3 is 15.2 Å². The van der Waals surface area contributed by atoms with Gasteiger partial charge in [-0.2, -0.15) is 0 Å². The maximum atomic E-state index is 11.3. The van der Waals surface area contributed by atoms with Gasteiger partial charge in [0.1, 0.15) is 5.56 Å². The number of hydrogen-bond acceptors (Lipinski definition) is 3. The number of benzene rings is 1. The second-order valence-electron chi connectivity index (χ2n) is 3.24. The number of fused-ring (bicyclic) bond motifs is 1. The molecular weight excluding hydrogens is 198 g/mol. The Kier molecular flexibility index (Phi) is 2.07. The van der Waals surface area contributed by atoms with E-state index >= 15 is 0 Å². The predicted molar refractivity (Wildman–Crippen MR) is 52.1 cm³/mol. The van der Waals surface area contributed by atoms with Crippen LogP contribution in [0.5, 0.6) is 5.75 Å². The molecule has 2 N–H and O–H groups in total. The second-order valence-corrected chi connectivity index (χ2v) is 3.24. The summed E-state index contributed by atoms with van der Waals surface area (Å²) >= 11 is 0. The molecule has 0 radical (unpaired) electrons. The zero-order valence-corrected chi connectivity index (χ0v) is 7.98. The molecule has 0 aliphatic carbocycles. The van der Waals surface area contributed by atoms with Gasteiger partial charge in [0.2, 0.25) is 0 Å². The number of aromatic carboxylic acids is 1. The highest BCUT2D eigenvalue weighted by molar-refractivity contribution is 6.01. The van der Waals surface area contributed by atoms with Crippen molar-refractivity contribution in [3.63, 3.8) is 0 Å². The zero-order chi connectivity index (χ0) is 11.0. The van der Waals surface area contributed by atoms with Gasteiger partial charge in [0.05, 0.1) is 5.69 Å². The van der Waals surface area contributed by atoms with Crippen molar-refractivity contribution in [2.75, 3.05) is 5.32 Å². The van der Waals surface area contributed by atoms with Crippen molar-refractivity contribution in [1.29, 1.82) is 0 Å². The first-order chi connectivity index (χ1) is 7.09. The average Bonchev–Trinajstić information content (AvgIpc) is 2.18. The van der Waals surface area contributed by atoms with Crippen molar-refractivity contribution in [2.24, 2.45) is 0 Å². The standard InChI is InChI=1S/C10H9NO4/c1-5-9(12)11-7-4-2-3-6(10(13)14)8(7)15-5/h2-5H,1H3,(H,11,12)(H,13,14). The minimum absolute atomic E-state index is 0.0550. The molecule has 5 heteroatoms. The molecule has 5 nitrogen and oxygen atoms in total. The first kappa shape index (κ1) is 9.51. The normalized spacial score (nSPS) is 18.7. The average molecular weight is 207 g/mol. The lowest BCUT2D eigenvalue weighted by Gasteiger charge is -2.24. The Labute approximate surface area is 85.7 Å². The lowest BCUT2D eigenvalue weighted by molar-refractivity contribution is -0.122. The van der Waals surface area contributed by atoms with Gasteiger partial charge in [0.15, 0.2) is 11.9 Å². The molecule has 1 unspecified atom stereocenters. The number of carboxylic acid groups (broad SMARTS) is 1. The van der Waals surface area contributed by atoms with Crippen LogP contribution in [0.15, 0.2) is 18.2 Å². The van der Waals surface area contributed by atoms with Crippen LogP contribution in [0.1, 0.15) is 17.3 Å². The van der Waals surface area contributed by atoms with Crippen molar-refractivity contribution in [1.82, 2.24) is 0 Å². The quantitative estimate of drug-likeness (QED) is 0.723. The topological polar surface area (TPSA) is 75.6 Å². The molecule has 2 rings (SSSR count). The molecule has 1 aliphatic rings. The number of rotatable bonds is 1. The summed E-state index contributed by atoms with van der Waals surface area (Å²) in [6.07, 6.45) is -0.669. The lowest BCUT2D eigenvalue weighted by Crippen LogP contribution is -2.35. The molecule has 0 spiro atoms. The monoisotopic (exact) mass is 207 g/mol. The molecule has 1 atom stereocenters. The van der Waals surface area contributed by atoms with E-state index in [-0.39, 0.29) is 17.2 Å². The molecule has 1 aromatic carbocycles. The van der Waals surface area contributed by atoms with Gasteiger partial charge in [-0.1, -0.05) is 6.07 Å². The maximum Gasteiger partial charge on any atom is 0.339 e. The molecule has 1 aliphatic heterocycles. The molecule has 0 saturated heterocycles. The molecule has 1 amide bonds. The molecule has 1 aromatic rings. The van der Waals surface area contributed by atoms with Gasteiger partial charge in [-0.3, -0.25) is 4.79 Å². The molecule has 0 aromatic heterocycles. The fourth-order valence-electron chi connectivity index (χ4n) is 1.40. The Morgan fingerprint density at radius 1 is 1.53 bits per heavy atom. The molecule has 1 heterocycles. The predicted octanol–water partition coefficient (Wildman–Crippen LogP) is 1.10. The number of para-hydroxylation sites is 1. The first-order valence-corrected chi connectivity index (χ1v) is 4.43. The highest BCUT2D eigenvalue weighted by Gasteiger charge is 2.27. The Hall–Kier alpha value is -2.04. The zero-order valence-electron chi connectivity index (χ0n) is 7.98. The lowest BCUT2D eigenvalue weighted by atomic mass is 10.1. The Morgan fingerprint density at radius 3 is 2.93 bits per heavy atom. The van der Waals surface area contributed by atoms with Gasteiger partial charge in [-0.05, 0) is 19.1 Å². The van der Waals surface area contributed by atoms with E-state index in [0.29, 0.717) is 5.69 Å². The van der Waals surface area contributed by atoms with Gasteiger partial charge in [0, 0.05) is 0 Å². The third-order valence-corrected chi connectivity index (χ3v) is 2.17. The summed E-state index contributed by atoms with van der Waals surface area (Å²) in [5.41, 5.74) is 0.456. The first-order valence-electron chi connectivity index (χ1n) is 4.43. The van der Waals surface area contributed by atoms with Gasteiger partial charge in [-0.25, -0.2) is 4.79 Å². The maximum absolute atomic E-state index is 11.3. The molecule has 0 fully saturated rings. The van der Waals surface area contributed by atoms with E-state index in [1.54, 1.807) is 19.1 Å². The minimum atomic E-state index is -1.07. The van der Waals surface area contributed by atoms with E-state index in [1.165, 1.54) is 6.07 Å². The van der Waals surface area contributed by atoms with Gasteiger partial charge in [0.25, 0.3) is 5.91 Å². The van der Waals surface area contributed by atoms with Crippen LogP contribution in [0.2, 0.25) is 0 Å². The Morgan fingerprint density at radius 2 is 2.27 bits per heavy atom. The van der Waals surface area contributed by atoms with E-state index in [4.69, 9.17) is 9.84 Å². The molecule has 0 bridgehead atoms. The van der Waals surface area contributed by atoms with Gasteiger partial charge >= 0.3 is 5.97 Å². The third-order valence-electron chi connectivity index (χ3n) is 2.17.